The van der Waals surface area contributed by atoms with E-state index in [4.69, 9.17) is 0 Å². The molecule has 2 aromatic carbocycles. The highest BCUT2D eigenvalue weighted by atomic mass is 32.1. The van der Waals surface area contributed by atoms with E-state index in [0.717, 1.165) is 17.8 Å². The molecule has 1 aromatic heterocycles. The normalized spacial score (nSPS) is 14.4. The quantitative estimate of drug-likeness (QED) is 0.421. The van der Waals surface area contributed by atoms with Crippen molar-refractivity contribution in [1.82, 2.24) is 10.3 Å². The number of phenolic OH excluding ortho intramolecular Hbond substituents is 1. The van der Waals surface area contributed by atoms with E-state index in [2.05, 4.69) is 15.0 Å². The summed E-state index contributed by atoms with van der Waals surface area (Å²) in [5, 5.41) is 14.3. The number of allylic oxidation sites excluding steroid dienone is 2. The zero-order valence-corrected chi connectivity index (χ0v) is 18.6. The molecule has 0 aliphatic heterocycles. The zero-order chi connectivity index (χ0) is 24.5. The number of phenols is 1. The van der Waals surface area contributed by atoms with Gasteiger partial charge in [-0.25, -0.2) is 9.37 Å². The molecule has 4 rings (SSSR count). The number of halogens is 4. The van der Waals surface area contributed by atoms with Gasteiger partial charge in [-0.05, 0) is 70.7 Å². The lowest BCUT2D eigenvalue weighted by Crippen LogP contribution is -2.22. The van der Waals surface area contributed by atoms with Crippen molar-refractivity contribution in [3.05, 3.63) is 81.1 Å². The molecule has 0 saturated carbocycles. The van der Waals surface area contributed by atoms with Crippen LogP contribution in [0.2, 0.25) is 0 Å². The molecule has 1 heterocycles. The Morgan fingerprint density at radius 1 is 1.21 bits per heavy atom. The number of rotatable bonds is 6. The number of fused-ring (bicyclic) bond motifs is 1. The monoisotopic (exact) mass is 490 g/mol. The maximum absolute atomic E-state index is 14.0. The van der Waals surface area contributed by atoms with Crippen LogP contribution in [0, 0.1) is 5.82 Å². The maximum atomic E-state index is 14.0. The minimum absolute atomic E-state index is 0.0121. The summed E-state index contributed by atoms with van der Waals surface area (Å²) in [7, 11) is 0. The van der Waals surface area contributed by atoms with Gasteiger partial charge in [-0.15, -0.1) is 24.5 Å². The third-order valence-electron chi connectivity index (χ3n) is 5.26. The molecular weight excluding hydrogens is 472 g/mol. The fourth-order valence-electron chi connectivity index (χ4n) is 3.71. The third kappa shape index (κ3) is 5.28. The number of aromatic hydroxyl groups is 1. The minimum atomic E-state index is -4.96. The van der Waals surface area contributed by atoms with Crippen LogP contribution in [0.3, 0.4) is 0 Å². The highest BCUT2D eigenvalue weighted by Gasteiger charge is 2.32. The van der Waals surface area contributed by atoms with Crippen LogP contribution in [-0.2, 0) is 11.3 Å². The smallest absolute Gasteiger partial charge is 0.504 e. The van der Waals surface area contributed by atoms with Gasteiger partial charge in [0.2, 0.25) is 5.91 Å². The van der Waals surface area contributed by atoms with Gasteiger partial charge in [0.15, 0.2) is 11.5 Å². The van der Waals surface area contributed by atoms with Gasteiger partial charge in [0.05, 0.1) is 24.2 Å². The van der Waals surface area contributed by atoms with Crippen molar-refractivity contribution in [2.24, 2.45) is 0 Å². The summed E-state index contributed by atoms with van der Waals surface area (Å²) in [6.45, 7) is 2.03. The Hall–Kier alpha value is -3.66. The van der Waals surface area contributed by atoms with Gasteiger partial charge in [0.1, 0.15) is 5.82 Å². The number of hydrogen-bond acceptors (Lipinski definition) is 5. The molecule has 34 heavy (non-hydrogen) atoms. The van der Waals surface area contributed by atoms with Gasteiger partial charge >= 0.3 is 6.36 Å². The predicted molar refractivity (Wildman–Crippen MR) is 120 cm³/mol. The molecule has 176 valence electrons. The number of nitrogens with zero attached hydrogens (tertiary/aromatic N) is 1. The van der Waals surface area contributed by atoms with E-state index in [9.17, 15) is 27.5 Å². The number of ether oxygens (including phenoxy) is 1. The Morgan fingerprint density at radius 2 is 2.00 bits per heavy atom. The molecule has 1 amide bonds. The first-order valence-electron chi connectivity index (χ1n) is 10.1. The first-order chi connectivity index (χ1) is 16.1. The fraction of sp³-hybridized carbons (Fsp3) is 0.167. The predicted octanol–water partition coefficient (Wildman–Crippen LogP) is 5.92. The van der Waals surface area contributed by atoms with Crippen LogP contribution in [0.15, 0.2) is 52.9 Å². The number of carbonyl (C=O) groups excluding carboxylic acids is 1. The second-order valence-corrected chi connectivity index (χ2v) is 8.28. The molecule has 3 aromatic rings. The summed E-state index contributed by atoms with van der Waals surface area (Å²) in [6, 6.07) is 7.76. The first-order valence-corrected chi connectivity index (χ1v) is 11.0. The fourth-order valence-corrected chi connectivity index (χ4v) is 4.27. The second kappa shape index (κ2) is 9.30. The molecule has 0 unspecified atom stereocenters. The molecule has 0 bridgehead atoms. The Bertz CT molecular complexity index is 1300. The topological polar surface area (TPSA) is 71.5 Å². The lowest BCUT2D eigenvalue weighted by Gasteiger charge is -2.11. The van der Waals surface area contributed by atoms with Crippen molar-refractivity contribution < 1.29 is 32.2 Å². The van der Waals surface area contributed by atoms with Crippen molar-refractivity contribution >= 4 is 34.5 Å². The van der Waals surface area contributed by atoms with Crippen LogP contribution in [0.1, 0.15) is 35.7 Å². The third-order valence-corrected chi connectivity index (χ3v) is 5.90. The van der Waals surface area contributed by atoms with Crippen LogP contribution in [0.4, 0.5) is 17.6 Å². The van der Waals surface area contributed by atoms with Gasteiger partial charge in [-0.3, -0.25) is 4.79 Å². The number of amides is 1. The molecule has 0 fully saturated rings. The van der Waals surface area contributed by atoms with Crippen molar-refractivity contribution in [3.8, 4) is 11.5 Å². The lowest BCUT2D eigenvalue weighted by molar-refractivity contribution is -0.275. The molecular formula is C24H18F4N2O3S. The minimum Gasteiger partial charge on any atom is -0.504 e. The Balaban J connectivity index is 1.66. The summed E-state index contributed by atoms with van der Waals surface area (Å²) in [5.41, 5.74) is 5.84. The average molecular weight is 490 g/mol. The summed E-state index contributed by atoms with van der Waals surface area (Å²) in [4.78, 5) is 16.7. The highest BCUT2D eigenvalue weighted by Crippen LogP contribution is 2.44. The number of aromatic nitrogens is 1. The summed E-state index contributed by atoms with van der Waals surface area (Å²) in [5.74, 6) is -2.14. The van der Waals surface area contributed by atoms with E-state index in [1.165, 1.54) is 29.5 Å². The zero-order valence-electron chi connectivity index (χ0n) is 17.7. The number of alkyl halides is 3. The molecule has 5 nitrogen and oxygen atoms in total. The standard InChI is InChI=1S/C24H18F4N2O3S/c1-13-18(6-14-2-5-21(31)22(7-14)33-24(26,27)28)17-4-3-15(25)8-20(17)19(13)9-23(32)29-10-16-11-34-12-30-16/h2-8,11-12,31H,9-10H2,1H3,(H,29,32). The van der Waals surface area contributed by atoms with E-state index < -0.39 is 23.7 Å². The number of nitrogens with one attached hydrogen (secondary N) is 1. The Morgan fingerprint density at radius 3 is 2.71 bits per heavy atom. The van der Waals surface area contributed by atoms with E-state index in [-0.39, 0.29) is 18.9 Å². The highest BCUT2D eigenvalue weighted by molar-refractivity contribution is 7.07. The van der Waals surface area contributed by atoms with E-state index in [1.807, 2.05) is 5.38 Å². The number of thiazole rings is 1. The summed E-state index contributed by atoms with van der Waals surface area (Å²) < 4.78 is 55.9. The molecule has 0 saturated heterocycles. The SMILES string of the molecule is CC1=C(CC(=O)NCc2cscn2)c2cc(F)ccc2C1=Cc1ccc(O)c(OC(F)(F)F)c1. The molecule has 10 heteroatoms. The molecule has 2 N–H and O–H groups in total. The van der Waals surface area contributed by atoms with E-state index in [1.54, 1.807) is 24.6 Å². The van der Waals surface area contributed by atoms with Gasteiger partial charge in [0, 0.05) is 5.38 Å². The largest absolute Gasteiger partial charge is 0.573 e. The van der Waals surface area contributed by atoms with Crippen LogP contribution in [0.5, 0.6) is 11.5 Å². The summed E-state index contributed by atoms with van der Waals surface area (Å²) >= 11 is 1.41. The number of hydrogen-bond donors (Lipinski definition) is 2. The Labute approximate surface area is 196 Å². The van der Waals surface area contributed by atoms with Crippen molar-refractivity contribution in [3.63, 3.8) is 0 Å². The summed E-state index contributed by atoms with van der Waals surface area (Å²) in [6.07, 6.45) is -3.37. The molecule has 0 radical (unpaired) electrons. The van der Waals surface area contributed by atoms with Crippen LogP contribution < -0.4 is 10.1 Å². The van der Waals surface area contributed by atoms with Crippen LogP contribution in [0.25, 0.3) is 17.2 Å². The second-order valence-electron chi connectivity index (χ2n) is 7.56. The van der Waals surface area contributed by atoms with Crippen molar-refractivity contribution in [2.75, 3.05) is 0 Å². The average Bonchev–Trinajstić information content (AvgIpc) is 3.36. The van der Waals surface area contributed by atoms with Gasteiger partial charge in [0.25, 0.3) is 0 Å². The number of carbonyl (C=O) groups is 1. The van der Waals surface area contributed by atoms with Crippen LogP contribution >= 0.6 is 11.3 Å². The molecule has 1 aliphatic rings. The van der Waals surface area contributed by atoms with E-state index >= 15 is 0 Å². The molecule has 0 spiro atoms. The van der Waals surface area contributed by atoms with Crippen molar-refractivity contribution in [2.45, 2.75) is 26.3 Å². The van der Waals surface area contributed by atoms with Gasteiger partial charge in [-0.2, -0.15) is 0 Å². The van der Waals surface area contributed by atoms with Crippen molar-refractivity contribution in [1.29, 1.82) is 0 Å². The first kappa shape index (κ1) is 23.5. The molecule has 0 atom stereocenters. The molecule has 1 aliphatic carbocycles. The van der Waals surface area contributed by atoms with Gasteiger partial charge in [-0.1, -0.05) is 12.1 Å². The van der Waals surface area contributed by atoms with E-state index in [0.29, 0.717) is 33.4 Å². The van der Waals surface area contributed by atoms with Crippen LogP contribution in [-0.4, -0.2) is 22.4 Å². The number of benzene rings is 2. The maximum Gasteiger partial charge on any atom is 0.573 e. The lowest BCUT2D eigenvalue weighted by atomic mass is 10.0. The Kier molecular flexibility index (Phi) is 6.43. The van der Waals surface area contributed by atoms with Gasteiger partial charge < -0.3 is 15.2 Å².